The number of piperidine rings is 1. The number of aromatic nitrogens is 2. The van der Waals surface area contributed by atoms with Crippen LogP contribution in [0.3, 0.4) is 0 Å². The van der Waals surface area contributed by atoms with E-state index in [4.69, 9.17) is 15.2 Å². The molecule has 3 aliphatic heterocycles. The van der Waals surface area contributed by atoms with Crippen molar-refractivity contribution in [1.82, 2.24) is 19.8 Å². The van der Waals surface area contributed by atoms with Crippen LogP contribution >= 0.6 is 0 Å². The first-order valence-electron chi connectivity index (χ1n) is 14.1. The van der Waals surface area contributed by atoms with Crippen LogP contribution < -0.4 is 15.2 Å². The number of hydrogen-bond donors (Lipinski definition) is 1. The van der Waals surface area contributed by atoms with Gasteiger partial charge in [0.1, 0.15) is 18.9 Å². The Labute approximate surface area is 233 Å². The number of hydrogen-bond acceptors (Lipinski definition) is 7. The third-order valence-corrected chi connectivity index (χ3v) is 9.03. The van der Waals surface area contributed by atoms with Crippen LogP contribution in [0.25, 0.3) is 11.1 Å². The minimum Gasteiger partial charge on any atom is -0.484 e. The topological polar surface area (TPSA) is 111 Å². The monoisotopic (exact) mass is 539 g/mol. The summed E-state index contributed by atoms with van der Waals surface area (Å²) in [5.41, 5.74) is 11.6. The van der Waals surface area contributed by atoms with Gasteiger partial charge in [0.25, 0.3) is 11.8 Å². The van der Waals surface area contributed by atoms with Crippen molar-refractivity contribution in [3.63, 3.8) is 0 Å². The smallest absolute Gasteiger partial charge is 0.267 e. The number of carbonyl (C=O) groups excluding carboxylic acids is 2. The Morgan fingerprint density at radius 2 is 1.80 bits per heavy atom. The zero-order valence-corrected chi connectivity index (χ0v) is 22.5. The second-order valence-corrected chi connectivity index (χ2v) is 11.5. The molecule has 2 fully saturated rings. The zero-order chi connectivity index (χ0) is 27.3. The van der Waals surface area contributed by atoms with Crippen molar-refractivity contribution in [2.75, 3.05) is 39.4 Å². The van der Waals surface area contributed by atoms with Gasteiger partial charge in [0.05, 0.1) is 12.1 Å². The van der Waals surface area contributed by atoms with Crippen molar-refractivity contribution in [1.29, 1.82) is 0 Å². The van der Waals surface area contributed by atoms with Crippen molar-refractivity contribution in [2.24, 2.45) is 11.1 Å². The number of nitrogens with zero attached hydrogens (tertiary/aromatic N) is 4. The van der Waals surface area contributed by atoms with Gasteiger partial charge in [-0.3, -0.25) is 19.5 Å². The molecule has 2 N–H and O–H groups in total. The summed E-state index contributed by atoms with van der Waals surface area (Å²) in [4.78, 5) is 37.7. The van der Waals surface area contributed by atoms with Gasteiger partial charge in [-0.25, -0.2) is 4.98 Å². The van der Waals surface area contributed by atoms with E-state index >= 15 is 0 Å². The molecule has 0 bridgehead atoms. The van der Waals surface area contributed by atoms with Crippen molar-refractivity contribution in [3.05, 3.63) is 71.2 Å². The van der Waals surface area contributed by atoms with E-state index in [1.807, 2.05) is 23.1 Å². The SMILES string of the molecule is NC(=O)c1ccc(-c2ccc3c(c2)CC[C@H]3N2CC3(CCN(C(=O)Cc4ccc5c(n4)OCCO5)CC3)C2)cn1. The number of carbonyl (C=O) groups is 2. The number of ether oxygens (including phenoxy) is 2. The Morgan fingerprint density at radius 3 is 2.58 bits per heavy atom. The van der Waals surface area contributed by atoms with E-state index in [2.05, 4.69) is 33.1 Å². The van der Waals surface area contributed by atoms with Crippen LogP contribution in [0.2, 0.25) is 0 Å². The molecule has 0 radical (unpaired) electrons. The number of aryl methyl sites for hydroxylation is 1. The van der Waals surface area contributed by atoms with Crippen LogP contribution in [-0.4, -0.2) is 71.0 Å². The molecule has 0 unspecified atom stereocenters. The Hall–Kier alpha value is -3.98. The van der Waals surface area contributed by atoms with Crippen LogP contribution in [0, 0.1) is 5.41 Å². The number of benzene rings is 1. The molecule has 0 saturated carbocycles. The summed E-state index contributed by atoms with van der Waals surface area (Å²) in [7, 11) is 0. The number of amides is 2. The minimum absolute atomic E-state index is 0.134. The maximum atomic E-state index is 13.0. The van der Waals surface area contributed by atoms with Gasteiger partial charge in [-0.2, -0.15) is 0 Å². The molecule has 1 spiro atoms. The van der Waals surface area contributed by atoms with E-state index < -0.39 is 5.91 Å². The molecule has 1 aliphatic carbocycles. The Balaban J connectivity index is 0.936. The van der Waals surface area contributed by atoms with E-state index in [9.17, 15) is 9.59 Å². The first-order chi connectivity index (χ1) is 19.5. The van der Waals surface area contributed by atoms with Crippen molar-refractivity contribution < 1.29 is 19.1 Å². The highest BCUT2D eigenvalue weighted by Gasteiger charge is 2.48. The van der Waals surface area contributed by atoms with Crippen molar-refractivity contribution in [3.8, 4) is 22.8 Å². The summed E-state index contributed by atoms with van der Waals surface area (Å²) < 4.78 is 11.1. The number of nitrogens with two attached hydrogens (primary N) is 1. The van der Waals surface area contributed by atoms with E-state index in [0.29, 0.717) is 42.7 Å². The molecular formula is C31H33N5O4. The van der Waals surface area contributed by atoms with Crippen LogP contribution in [0.1, 0.15) is 52.6 Å². The second-order valence-electron chi connectivity index (χ2n) is 11.5. The van der Waals surface area contributed by atoms with Crippen molar-refractivity contribution in [2.45, 2.75) is 38.1 Å². The lowest BCUT2D eigenvalue weighted by Crippen LogP contribution is -2.61. The van der Waals surface area contributed by atoms with E-state index in [0.717, 1.165) is 68.7 Å². The molecule has 206 valence electrons. The van der Waals surface area contributed by atoms with Crippen molar-refractivity contribution >= 4 is 11.8 Å². The first kappa shape index (κ1) is 25.0. The average Bonchev–Trinajstić information content (AvgIpc) is 3.39. The van der Waals surface area contributed by atoms with Gasteiger partial charge in [-0.15, -0.1) is 0 Å². The van der Waals surface area contributed by atoms with E-state index in [-0.39, 0.29) is 11.6 Å². The highest BCUT2D eigenvalue weighted by Crippen LogP contribution is 2.48. The molecular weight excluding hydrogens is 506 g/mol. The van der Waals surface area contributed by atoms with Gasteiger partial charge < -0.3 is 20.1 Å². The summed E-state index contributed by atoms with van der Waals surface area (Å²) in [6.07, 6.45) is 6.33. The minimum atomic E-state index is -0.512. The second kappa shape index (κ2) is 9.89. The molecule has 2 amide bonds. The third kappa shape index (κ3) is 4.58. The van der Waals surface area contributed by atoms with Crippen LogP contribution in [-0.2, 0) is 17.6 Å². The molecule has 9 nitrogen and oxygen atoms in total. The molecule has 7 rings (SSSR count). The predicted molar refractivity (Wildman–Crippen MR) is 148 cm³/mol. The van der Waals surface area contributed by atoms with E-state index in [1.165, 1.54) is 11.1 Å². The van der Waals surface area contributed by atoms with Gasteiger partial charge in [0, 0.05) is 44.0 Å². The maximum absolute atomic E-state index is 13.0. The quantitative estimate of drug-likeness (QED) is 0.530. The molecule has 2 saturated heterocycles. The number of pyridine rings is 2. The summed E-state index contributed by atoms with van der Waals surface area (Å²) in [5, 5.41) is 0. The van der Waals surface area contributed by atoms with Gasteiger partial charge >= 0.3 is 0 Å². The standard InChI is InChI=1S/C31H33N5O4/c32-29(38)25-6-2-22(17-33-25)20-1-5-24-21(15-20)3-7-26(24)36-18-31(19-36)9-11-35(12-10-31)28(37)16-23-4-8-27-30(34-23)40-14-13-39-27/h1-2,4-6,8,15,17,26H,3,7,9-14,16,18-19H2,(H2,32,38)/t26-/m1/s1. The van der Waals surface area contributed by atoms with Crippen LogP contribution in [0.15, 0.2) is 48.7 Å². The van der Waals surface area contributed by atoms with Gasteiger partial charge in [0.15, 0.2) is 5.75 Å². The normalized spacial score (nSPS) is 21.1. The Bertz CT molecular complexity index is 1460. The highest BCUT2D eigenvalue weighted by atomic mass is 16.6. The summed E-state index contributed by atoms with van der Waals surface area (Å²) in [6.45, 7) is 4.84. The molecule has 9 heteroatoms. The average molecular weight is 540 g/mol. The number of primary amides is 1. The summed E-state index contributed by atoms with van der Waals surface area (Å²) >= 11 is 0. The predicted octanol–water partition coefficient (Wildman–Crippen LogP) is 3.17. The van der Waals surface area contributed by atoms with Crippen LogP contribution in [0.5, 0.6) is 11.6 Å². The molecule has 40 heavy (non-hydrogen) atoms. The van der Waals surface area contributed by atoms with Gasteiger partial charge in [-0.1, -0.05) is 24.3 Å². The summed E-state index contributed by atoms with van der Waals surface area (Å²) in [6, 6.07) is 14.5. The Morgan fingerprint density at radius 1 is 1.00 bits per heavy atom. The molecule has 1 atom stereocenters. The number of rotatable bonds is 5. The fourth-order valence-corrected chi connectivity index (χ4v) is 6.78. The first-order valence-corrected chi connectivity index (χ1v) is 14.1. The molecule has 2 aromatic heterocycles. The molecule has 3 aromatic rings. The molecule has 4 aliphatic rings. The fraction of sp³-hybridized carbons (Fsp3) is 0.419. The highest BCUT2D eigenvalue weighted by molar-refractivity contribution is 5.91. The maximum Gasteiger partial charge on any atom is 0.267 e. The van der Waals surface area contributed by atoms with Gasteiger partial charge in [0.2, 0.25) is 5.91 Å². The lowest BCUT2D eigenvalue weighted by Gasteiger charge is -2.56. The van der Waals surface area contributed by atoms with E-state index in [1.54, 1.807) is 12.3 Å². The van der Waals surface area contributed by atoms with Crippen LogP contribution in [0.4, 0.5) is 0 Å². The molecule has 5 heterocycles. The number of likely N-dealkylation sites (tertiary alicyclic amines) is 2. The lowest BCUT2D eigenvalue weighted by molar-refractivity contribution is -0.136. The summed E-state index contributed by atoms with van der Waals surface area (Å²) in [5.74, 6) is 0.761. The largest absolute Gasteiger partial charge is 0.484 e. The number of fused-ring (bicyclic) bond motifs is 2. The molecule has 1 aromatic carbocycles. The zero-order valence-electron chi connectivity index (χ0n) is 22.5. The third-order valence-electron chi connectivity index (χ3n) is 9.03. The fourth-order valence-electron chi connectivity index (χ4n) is 6.78. The lowest BCUT2D eigenvalue weighted by atomic mass is 9.71. The Kier molecular flexibility index (Phi) is 6.19. The van der Waals surface area contributed by atoms with Gasteiger partial charge in [-0.05, 0) is 66.0 Å².